The molecule has 0 aliphatic heterocycles. The first-order valence-electron chi connectivity index (χ1n) is 12.2. The number of para-hydroxylation sites is 2. The van der Waals surface area contributed by atoms with Crippen LogP contribution in [0, 0.1) is 0 Å². The number of thiazole rings is 1. The fourth-order valence-electron chi connectivity index (χ4n) is 3.98. The van der Waals surface area contributed by atoms with Gasteiger partial charge in [0.05, 0.1) is 13.2 Å². The fourth-order valence-corrected chi connectivity index (χ4v) is 5.34. The Balaban J connectivity index is 1.52. The van der Waals surface area contributed by atoms with Gasteiger partial charge in [-0.15, -0.1) is 0 Å². The van der Waals surface area contributed by atoms with Gasteiger partial charge in [-0.3, -0.25) is 0 Å². The molecule has 0 unspecified atom stereocenters. The van der Waals surface area contributed by atoms with E-state index < -0.39 is 0 Å². The van der Waals surface area contributed by atoms with Gasteiger partial charge in [0.1, 0.15) is 28.1 Å². The lowest BCUT2D eigenvalue weighted by molar-refractivity contribution is 0.112. The zero-order valence-corrected chi connectivity index (χ0v) is 22.7. The van der Waals surface area contributed by atoms with Gasteiger partial charge in [-0.05, 0) is 48.5 Å². The quantitative estimate of drug-likeness (QED) is 0.117. The third-order valence-electron chi connectivity index (χ3n) is 5.71. The second-order valence-corrected chi connectivity index (χ2v) is 9.99. The lowest BCUT2D eigenvalue weighted by Gasteiger charge is -2.24. The van der Waals surface area contributed by atoms with E-state index in [2.05, 4.69) is 106 Å². The maximum absolute atomic E-state index is 5.83. The third-order valence-corrected chi connectivity index (χ3v) is 7.12. The normalized spacial score (nSPS) is 10.8. The highest BCUT2D eigenvalue weighted by molar-refractivity contribution is 9.09. The van der Waals surface area contributed by atoms with Gasteiger partial charge >= 0.3 is 0 Å². The first-order chi connectivity index (χ1) is 18.3. The Bertz CT molecular complexity index is 1340. The van der Waals surface area contributed by atoms with Crippen LogP contribution < -0.4 is 9.64 Å². The number of benzene rings is 4. The number of hydrogen-bond acceptors (Lipinski definition) is 5. The monoisotopic (exact) mass is 570 g/mol. The number of anilines is 3. The second-order valence-electron chi connectivity index (χ2n) is 8.22. The van der Waals surface area contributed by atoms with Gasteiger partial charge in [0.15, 0.2) is 0 Å². The molecule has 5 rings (SSSR count). The van der Waals surface area contributed by atoms with Crippen LogP contribution >= 0.6 is 27.3 Å². The minimum Gasteiger partial charge on any atom is -0.491 e. The van der Waals surface area contributed by atoms with Gasteiger partial charge < -0.3 is 14.4 Å². The van der Waals surface area contributed by atoms with E-state index in [1.165, 1.54) is 0 Å². The molecule has 0 radical (unpaired) electrons. The van der Waals surface area contributed by atoms with Crippen LogP contribution in [-0.2, 0) is 4.74 Å². The summed E-state index contributed by atoms with van der Waals surface area (Å²) in [5.41, 5.74) is 5.27. The Morgan fingerprint density at radius 3 is 1.84 bits per heavy atom. The van der Waals surface area contributed by atoms with Crippen molar-refractivity contribution < 1.29 is 9.47 Å². The fraction of sp³-hybridized carbons (Fsp3) is 0.129. The van der Waals surface area contributed by atoms with E-state index in [0.29, 0.717) is 19.8 Å². The van der Waals surface area contributed by atoms with Crippen LogP contribution in [0.4, 0.5) is 16.4 Å². The highest BCUT2D eigenvalue weighted by atomic mass is 79.9. The minimum atomic E-state index is 0.523. The topological polar surface area (TPSA) is 34.6 Å². The maximum Gasteiger partial charge on any atom is 0.129 e. The van der Waals surface area contributed by atoms with Crippen molar-refractivity contribution in [2.75, 3.05) is 30.1 Å². The van der Waals surface area contributed by atoms with Gasteiger partial charge in [0.2, 0.25) is 0 Å². The van der Waals surface area contributed by atoms with E-state index in [0.717, 1.165) is 49.3 Å². The molecule has 0 spiro atoms. The summed E-state index contributed by atoms with van der Waals surface area (Å²) in [6.45, 7) is 1.77. The van der Waals surface area contributed by atoms with Gasteiger partial charge in [-0.25, -0.2) is 4.98 Å². The summed E-state index contributed by atoms with van der Waals surface area (Å²) in [6.07, 6.45) is 0. The van der Waals surface area contributed by atoms with E-state index in [4.69, 9.17) is 14.5 Å². The number of halogens is 1. The molecule has 0 bridgehead atoms. The van der Waals surface area contributed by atoms with E-state index >= 15 is 0 Å². The lowest BCUT2D eigenvalue weighted by Crippen LogP contribution is -2.09. The molecule has 4 nitrogen and oxygen atoms in total. The highest BCUT2D eigenvalue weighted by Crippen LogP contribution is 2.46. The van der Waals surface area contributed by atoms with Crippen LogP contribution in [0.2, 0.25) is 0 Å². The summed E-state index contributed by atoms with van der Waals surface area (Å²) < 4.78 is 11.3. The number of nitrogens with zero attached hydrogens (tertiary/aromatic N) is 2. The van der Waals surface area contributed by atoms with Gasteiger partial charge in [-0.1, -0.05) is 94.0 Å². The lowest BCUT2D eigenvalue weighted by atomic mass is 10.1. The average molecular weight is 572 g/mol. The SMILES string of the molecule is BrCCOCCOc1ccc(-c2nc(-c3ccccc3)c(N(c3ccccc3)c3ccccc3)s2)cc1. The first kappa shape index (κ1) is 25.2. The highest BCUT2D eigenvalue weighted by Gasteiger charge is 2.22. The molecule has 186 valence electrons. The molecule has 0 fully saturated rings. The average Bonchev–Trinajstić information content (AvgIpc) is 3.40. The summed E-state index contributed by atoms with van der Waals surface area (Å²) in [5.74, 6) is 0.821. The van der Waals surface area contributed by atoms with E-state index in [1.807, 2.05) is 30.3 Å². The Kier molecular flexibility index (Phi) is 8.64. The number of aromatic nitrogens is 1. The summed E-state index contributed by atoms with van der Waals surface area (Å²) >= 11 is 5.05. The molecule has 0 saturated heterocycles. The molecule has 4 aromatic carbocycles. The zero-order valence-electron chi connectivity index (χ0n) is 20.3. The summed E-state index contributed by atoms with van der Waals surface area (Å²) in [7, 11) is 0. The van der Waals surface area contributed by atoms with Crippen molar-refractivity contribution in [3.63, 3.8) is 0 Å². The molecule has 6 heteroatoms. The maximum atomic E-state index is 5.83. The summed E-state index contributed by atoms with van der Waals surface area (Å²) in [6, 6.07) is 39.4. The van der Waals surface area contributed by atoms with E-state index in [1.54, 1.807) is 11.3 Å². The predicted octanol–water partition coefficient (Wildman–Crippen LogP) is 8.74. The molecular weight excluding hydrogens is 544 g/mol. The molecular formula is C31H27BrN2O2S. The van der Waals surface area contributed by atoms with Gasteiger partial charge in [0.25, 0.3) is 0 Å². The van der Waals surface area contributed by atoms with Gasteiger partial charge in [-0.2, -0.15) is 0 Å². The van der Waals surface area contributed by atoms with Crippen LogP contribution in [0.5, 0.6) is 5.75 Å². The van der Waals surface area contributed by atoms with Crippen molar-refractivity contribution in [1.82, 2.24) is 4.98 Å². The standard InChI is InChI=1S/C31H27BrN2O2S/c32-20-21-35-22-23-36-28-18-16-25(17-19-28)30-33-29(24-10-4-1-5-11-24)31(37-30)34(26-12-6-2-7-13-26)27-14-8-3-9-15-27/h1-19H,20-23H2. The second kappa shape index (κ2) is 12.7. The molecule has 37 heavy (non-hydrogen) atoms. The van der Waals surface area contributed by atoms with Crippen molar-refractivity contribution in [2.45, 2.75) is 0 Å². The Morgan fingerprint density at radius 2 is 1.24 bits per heavy atom. The van der Waals surface area contributed by atoms with Crippen LogP contribution in [0.3, 0.4) is 0 Å². The zero-order chi connectivity index (χ0) is 25.3. The van der Waals surface area contributed by atoms with E-state index in [9.17, 15) is 0 Å². The molecule has 0 aliphatic rings. The smallest absolute Gasteiger partial charge is 0.129 e. The molecule has 0 amide bonds. The van der Waals surface area contributed by atoms with Crippen LogP contribution in [0.15, 0.2) is 115 Å². The Hall–Kier alpha value is -3.45. The summed E-state index contributed by atoms with van der Waals surface area (Å²) in [5, 5.41) is 2.86. The molecule has 0 N–H and O–H groups in total. The number of ether oxygens (including phenoxy) is 2. The Morgan fingerprint density at radius 1 is 0.649 bits per heavy atom. The predicted molar refractivity (Wildman–Crippen MR) is 158 cm³/mol. The largest absolute Gasteiger partial charge is 0.491 e. The van der Waals surface area contributed by atoms with Crippen LogP contribution in [0.25, 0.3) is 21.8 Å². The van der Waals surface area contributed by atoms with Crippen molar-refractivity contribution in [3.8, 4) is 27.6 Å². The van der Waals surface area contributed by atoms with Crippen molar-refractivity contribution >= 4 is 43.6 Å². The number of rotatable bonds is 11. The van der Waals surface area contributed by atoms with Gasteiger partial charge in [0, 0.05) is 27.8 Å². The molecule has 1 heterocycles. The van der Waals surface area contributed by atoms with Crippen molar-refractivity contribution in [2.24, 2.45) is 0 Å². The minimum absolute atomic E-state index is 0.523. The number of alkyl halides is 1. The first-order valence-corrected chi connectivity index (χ1v) is 14.1. The molecule has 0 atom stereocenters. The molecule has 0 saturated carbocycles. The van der Waals surface area contributed by atoms with E-state index in [-0.39, 0.29) is 0 Å². The molecule has 1 aromatic heterocycles. The van der Waals surface area contributed by atoms with Crippen LogP contribution in [0.1, 0.15) is 0 Å². The molecule has 0 aliphatic carbocycles. The van der Waals surface area contributed by atoms with Crippen molar-refractivity contribution in [1.29, 1.82) is 0 Å². The number of hydrogen-bond donors (Lipinski definition) is 0. The Labute approximate surface area is 230 Å². The van der Waals surface area contributed by atoms with Crippen molar-refractivity contribution in [3.05, 3.63) is 115 Å². The summed E-state index contributed by atoms with van der Waals surface area (Å²) in [4.78, 5) is 7.45. The molecule has 5 aromatic rings. The van der Waals surface area contributed by atoms with Crippen LogP contribution in [-0.4, -0.2) is 30.1 Å². The third kappa shape index (κ3) is 6.28.